The number of carbonyl (C=O) groups excluding carboxylic acids is 1. The van der Waals surface area contributed by atoms with Gasteiger partial charge in [0.05, 0.1) is 11.5 Å². The van der Waals surface area contributed by atoms with Crippen LogP contribution in [-0.2, 0) is 6.54 Å². The number of hydrogen-bond acceptors (Lipinski definition) is 2. The molecule has 0 radical (unpaired) electrons. The number of benzene rings is 1. The molecule has 2 rings (SSSR count). The molecule has 138 valence electrons. The van der Waals surface area contributed by atoms with E-state index in [0.29, 0.717) is 18.4 Å². The van der Waals surface area contributed by atoms with E-state index < -0.39 is 30.0 Å². The van der Waals surface area contributed by atoms with Crippen molar-refractivity contribution in [1.29, 1.82) is 0 Å². The Hall–Kier alpha value is -2.25. The van der Waals surface area contributed by atoms with Gasteiger partial charge in [-0.1, -0.05) is 25.0 Å². The molecule has 5 nitrogen and oxygen atoms in total. The summed E-state index contributed by atoms with van der Waals surface area (Å²) >= 11 is 0. The van der Waals surface area contributed by atoms with Crippen molar-refractivity contribution in [2.24, 2.45) is 11.8 Å². The molecule has 1 fully saturated rings. The molecule has 0 aromatic heterocycles. The van der Waals surface area contributed by atoms with Crippen molar-refractivity contribution in [1.82, 2.24) is 10.6 Å². The average molecular weight is 358 g/mol. The van der Waals surface area contributed by atoms with Gasteiger partial charge in [0, 0.05) is 13.1 Å². The fraction of sp³-hybridized carbons (Fsp3) is 0.529. The van der Waals surface area contributed by atoms with Crippen LogP contribution >= 0.6 is 0 Å². The van der Waals surface area contributed by atoms with E-state index in [4.69, 9.17) is 5.11 Å². The van der Waals surface area contributed by atoms with E-state index in [1.165, 1.54) is 12.1 Å². The Bertz CT molecular complexity index is 602. The number of carbonyl (C=O) groups is 2. The normalized spacial score (nSPS) is 20.8. The lowest BCUT2D eigenvalue weighted by Crippen LogP contribution is -2.43. The molecule has 1 aliphatic carbocycles. The number of amides is 2. The number of hydrogen-bond donors (Lipinski definition) is 3. The highest BCUT2D eigenvalue weighted by atomic mass is 19.4. The van der Waals surface area contributed by atoms with Crippen molar-refractivity contribution in [2.45, 2.75) is 38.4 Å². The van der Waals surface area contributed by atoms with Gasteiger partial charge in [0.25, 0.3) is 0 Å². The third-order valence-electron chi connectivity index (χ3n) is 4.51. The number of halogens is 3. The smallest absolute Gasteiger partial charge is 0.392 e. The molecule has 3 N–H and O–H groups in total. The molecule has 1 aromatic rings. The second-order valence-electron chi connectivity index (χ2n) is 6.26. The van der Waals surface area contributed by atoms with E-state index in [1.807, 2.05) is 0 Å². The van der Waals surface area contributed by atoms with Crippen LogP contribution < -0.4 is 10.6 Å². The zero-order valence-electron chi connectivity index (χ0n) is 13.6. The number of nitrogens with one attached hydrogen (secondary N) is 2. The molecule has 2 atom stereocenters. The lowest BCUT2D eigenvalue weighted by molar-refractivity contribution is -0.195. The summed E-state index contributed by atoms with van der Waals surface area (Å²) in [5.41, 5.74) is 0.842. The standard InChI is InChI=1S/C17H21F3N2O3/c18-17(19,20)14-4-2-1-3-13(14)10-22-16(25)21-9-11-5-7-12(8-6-11)15(23)24/h5-8,13-14H,1-4,9-10H2,(H,23,24)(H2,21,22,25)/t13-,14-/m1/s1. The highest BCUT2D eigenvalue weighted by molar-refractivity contribution is 5.87. The van der Waals surface area contributed by atoms with E-state index in [-0.39, 0.29) is 25.1 Å². The minimum Gasteiger partial charge on any atom is -0.478 e. The summed E-state index contributed by atoms with van der Waals surface area (Å²) in [5.74, 6) is -2.98. The molecular formula is C17H21F3N2O3. The number of urea groups is 1. The van der Waals surface area contributed by atoms with Crippen LogP contribution in [0.4, 0.5) is 18.0 Å². The Balaban J connectivity index is 1.79. The van der Waals surface area contributed by atoms with Crippen LogP contribution in [0.3, 0.4) is 0 Å². The van der Waals surface area contributed by atoms with Gasteiger partial charge in [0.15, 0.2) is 0 Å². The second-order valence-corrected chi connectivity index (χ2v) is 6.26. The van der Waals surface area contributed by atoms with Crippen LogP contribution in [0, 0.1) is 11.8 Å². The number of carboxylic acid groups (broad SMARTS) is 1. The fourth-order valence-electron chi connectivity index (χ4n) is 3.12. The van der Waals surface area contributed by atoms with Gasteiger partial charge in [-0.3, -0.25) is 0 Å². The number of rotatable bonds is 5. The molecule has 0 spiro atoms. The van der Waals surface area contributed by atoms with Crippen LogP contribution in [0.1, 0.15) is 41.6 Å². The Morgan fingerprint density at radius 1 is 1.08 bits per heavy atom. The lowest BCUT2D eigenvalue weighted by Gasteiger charge is -2.33. The first-order valence-electron chi connectivity index (χ1n) is 8.18. The molecule has 1 aromatic carbocycles. The van der Waals surface area contributed by atoms with E-state index in [2.05, 4.69) is 10.6 Å². The van der Waals surface area contributed by atoms with Crippen molar-refractivity contribution >= 4 is 12.0 Å². The van der Waals surface area contributed by atoms with Crippen molar-refractivity contribution in [3.63, 3.8) is 0 Å². The van der Waals surface area contributed by atoms with E-state index in [9.17, 15) is 22.8 Å². The molecule has 2 amide bonds. The molecule has 0 aliphatic heterocycles. The van der Waals surface area contributed by atoms with E-state index in [0.717, 1.165) is 6.42 Å². The lowest BCUT2D eigenvalue weighted by atomic mass is 9.79. The van der Waals surface area contributed by atoms with Crippen LogP contribution in [0.2, 0.25) is 0 Å². The summed E-state index contributed by atoms with van der Waals surface area (Å²) in [7, 11) is 0. The van der Waals surface area contributed by atoms with Gasteiger partial charge in [-0.2, -0.15) is 13.2 Å². The van der Waals surface area contributed by atoms with Crippen molar-refractivity contribution < 1.29 is 27.9 Å². The zero-order chi connectivity index (χ0) is 18.4. The largest absolute Gasteiger partial charge is 0.478 e. The third kappa shape index (κ3) is 5.65. The molecule has 25 heavy (non-hydrogen) atoms. The molecule has 0 saturated heterocycles. The first-order valence-corrected chi connectivity index (χ1v) is 8.18. The summed E-state index contributed by atoms with van der Waals surface area (Å²) in [4.78, 5) is 22.5. The fourth-order valence-corrected chi connectivity index (χ4v) is 3.12. The van der Waals surface area contributed by atoms with Crippen molar-refractivity contribution in [3.8, 4) is 0 Å². The summed E-state index contributed by atoms with van der Waals surface area (Å²) in [6.45, 7) is 0.160. The zero-order valence-corrected chi connectivity index (χ0v) is 13.6. The van der Waals surface area contributed by atoms with Gasteiger partial charge in [-0.15, -0.1) is 0 Å². The van der Waals surface area contributed by atoms with Gasteiger partial charge in [-0.05, 0) is 36.5 Å². The van der Waals surface area contributed by atoms with Gasteiger partial charge >= 0.3 is 18.2 Å². The van der Waals surface area contributed by atoms with Crippen molar-refractivity contribution in [2.75, 3.05) is 6.54 Å². The molecule has 1 aliphatic rings. The van der Waals surface area contributed by atoms with E-state index in [1.54, 1.807) is 12.1 Å². The Morgan fingerprint density at radius 3 is 2.32 bits per heavy atom. The number of carboxylic acids is 1. The van der Waals surface area contributed by atoms with Crippen LogP contribution in [0.15, 0.2) is 24.3 Å². The summed E-state index contributed by atoms with van der Waals surface area (Å²) < 4.78 is 39.0. The van der Waals surface area contributed by atoms with Gasteiger partial charge in [0.2, 0.25) is 0 Å². The van der Waals surface area contributed by atoms with Crippen LogP contribution in [0.25, 0.3) is 0 Å². The maximum atomic E-state index is 13.0. The minimum absolute atomic E-state index is 0.00599. The van der Waals surface area contributed by atoms with E-state index >= 15 is 0 Å². The van der Waals surface area contributed by atoms with Crippen LogP contribution in [-0.4, -0.2) is 29.8 Å². The summed E-state index contributed by atoms with van der Waals surface area (Å²) in [6.07, 6.45) is -2.33. The number of alkyl halides is 3. The molecule has 0 heterocycles. The predicted octanol–water partition coefficient (Wildman–Crippen LogP) is 3.55. The molecule has 1 saturated carbocycles. The number of aromatic carboxylic acids is 1. The molecule has 0 unspecified atom stereocenters. The monoisotopic (exact) mass is 358 g/mol. The maximum absolute atomic E-state index is 13.0. The highest BCUT2D eigenvalue weighted by Crippen LogP contribution is 2.41. The Labute approximate surface area is 143 Å². The van der Waals surface area contributed by atoms with Gasteiger partial charge in [0.1, 0.15) is 0 Å². The summed E-state index contributed by atoms with van der Waals surface area (Å²) in [5, 5.41) is 13.9. The first-order chi connectivity index (χ1) is 11.8. The Kier molecular flexibility index (Phi) is 6.27. The SMILES string of the molecule is O=C(NCc1ccc(C(=O)O)cc1)NC[C@H]1CCCC[C@H]1C(F)(F)F. The minimum atomic E-state index is -4.23. The molecular weight excluding hydrogens is 337 g/mol. The maximum Gasteiger partial charge on any atom is 0.392 e. The van der Waals surface area contributed by atoms with Crippen molar-refractivity contribution in [3.05, 3.63) is 35.4 Å². The van der Waals surface area contributed by atoms with Crippen LogP contribution in [0.5, 0.6) is 0 Å². The van der Waals surface area contributed by atoms with Gasteiger partial charge < -0.3 is 15.7 Å². The average Bonchev–Trinajstić information content (AvgIpc) is 2.58. The molecule has 0 bridgehead atoms. The highest BCUT2D eigenvalue weighted by Gasteiger charge is 2.45. The molecule has 8 heteroatoms. The Morgan fingerprint density at radius 2 is 1.72 bits per heavy atom. The predicted molar refractivity (Wildman–Crippen MR) is 85.1 cm³/mol. The third-order valence-corrected chi connectivity index (χ3v) is 4.51. The summed E-state index contributed by atoms with van der Waals surface area (Å²) in [6, 6.07) is 5.46. The van der Waals surface area contributed by atoms with Gasteiger partial charge in [-0.25, -0.2) is 9.59 Å². The second kappa shape index (κ2) is 8.22. The topological polar surface area (TPSA) is 78.4 Å². The first kappa shape index (κ1) is 19.1. The quantitative estimate of drug-likeness (QED) is 0.753.